The quantitative estimate of drug-likeness (QED) is 0.782. The van der Waals surface area contributed by atoms with Crippen LogP contribution in [0.3, 0.4) is 0 Å². The molecule has 0 fully saturated rings. The van der Waals surface area contributed by atoms with Crippen molar-refractivity contribution in [1.29, 1.82) is 0 Å². The van der Waals surface area contributed by atoms with Gasteiger partial charge in [-0.15, -0.1) is 0 Å². The number of pyridine rings is 1. The molecule has 1 N–H and O–H groups in total. The number of para-hydroxylation sites is 1. The summed E-state index contributed by atoms with van der Waals surface area (Å²) in [5.74, 6) is 0.895. The van der Waals surface area contributed by atoms with Crippen molar-refractivity contribution in [2.45, 2.75) is 6.54 Å². The zero-order valence-electron chi connectivity index (χ0n) is 8.72. The lowest BCUT2D eigenvalue weighted by Crippen LogP contribution is -2.26. The highest BCUT2D eigenvalue weighted by atomic mass is 15.0. The maximum atomic E-state index is 4.58. The van der Waals surface area contributed by atoms with E-state index in [4.69, 9.17) is 0 Å². The smallest absolute Gasteiger partial charge is 0.135 e. The molecule has 2 aromatic rings. The summed E-state index contributed by atoms with van der Waals surface area (Å²) in [6.45, 7) is 0.823. The summed E-state index contributed by atoms with van der Waals surface area (Å²) < 4.78 is 0. The third kappa shape index (κ3) is 1.56. The van der Waals surface area contributed by atoms with Crippen molar-refractivity contribution in [2.75, 3.05) is 0 Å². The van der Waals surface area contributed by atoms with E-state index in [-0.39, 0.29) is 0 Å². The monoisotopic (exact) mass is 209 g/mol. The Hall–Kier alpha value is -2.16. The number of hydrogen-bond acceptors (Lipinski definition) is 3. The molecule has 0 atom stereocenters. The molecular weight excluding hydrogens is 198 g/mol. The highest BCUT2D eigenvalue weighted by Gasteiger charge is 2.11. The average Bonchev–Trinajstić information content (AvgIpc) is 2.39. The van der Waals surface area contributed by atoms with Crippen LogP contribution >= 0.6 is 0 Å². The van der Waals surface area contributed by atoms with Gasteiger partial charge in [-0.1, -0.05) is 18.2 Å². The SMILES string of the molecule is c1cncc(C2=Nc3ccccc3CN2)c1. The number of nitrogens with zero attached hydrogens (tertiary/aromatic N) is 2. The molecule has 0 radical (unpaired) electrons. The molecule has 3 heteroatoms. The Morgan fingerprint density at radius 1 is 1.06 bits per heavy atom. The molecule has 1 aliphatic rings. The Morgan fingerprint density at radius 3 is 2.88 bits per heavy atom. The van der Waals surface area contributed by atoms with Gasteiger partial charge in [0, 0.05) is 24.5 Å². The maximum absolute atomic E-state index is 4.58. The van der Waals surface area contributed by atoms with Gasteiger partial charge in [0.25, 0.3) is 0 Å². The minimum Gasteiger partial charge on any atom is -0.365 e. The van der Waals surface area contributed by atoms with E-state index in [1.165, 1.54) is 5.56 Å². The van der Waals surface area contributed by atoms with E-state index < -0.39 is 0 Å². The summed E-state index contributed by atoms with van der Waals surface area (Å²) in [6.07, 6.45) is 3.58. The van der Waals surface area contributed by atoms with E-state index in [9.17, 15) is 0 Å². The van der Waals surface area contributed by atoms with Crippen molar-refractivity contribution in [3.8, 4) is 0 Å². The predicted octanol–water partition coefficient (Wildman–Crippen LogP) is 2.26. The molecule has 0 saturated heterocycles. The molecule has 3 nitrogen and oxygen atoms in total. The van der Waals surface area contributed by atoms with Gasteiger partial charge in [0.05, 0.1) is 5.69 Å². The van der Waals surface area contributed by atoms with E-state index in [0.29, 0.717) is 0 Å². The number of hydrogen-bond donors (Lipinski definition) is 1. The third-order valence-electron chi connectivity index (χ3n) is 2.61. The van der Waals surface area contributed by atoms with Crippen molar-refractivity contribution in [3.63, 3.8) is 0 Å². The number of fused-ring (bicyclic) bond motifs is 1. The second kappa shape index (κ2) is 3.77. The fourth-order valence-corrected chi connectivity index (χ4v) is 1.78. The second-order valence-corrected chi connectivity index (χ2v) is 3.68. The summed E-state index contributed by atoms with van der Waals surface area (Å²) in [7, 11) is 0. The Kier molecular flexibility index (Phi) is 2.14. The van der Waals surface area contributed by atoms with Crippen LogP contribution in [-0.2, 0) is 6.54 Å². The van der Waals surface area contributed by atoms with Crippen LogP contribution in [0.5, 0.6) is 0 Å². The third-order valence-corrected chi connectivity index (χ3v) is 2.61. The van der Waals surface area contributed by atoms with Crippen molar-refractivity contribution >= 4 is 11.5 Å². The van der Waals surface area contributed by atoms with Gasteiger partial charge in [-0.2, -0.15) is 0 Å². The number of amidine groups is 1. The van der Waals surface area contributed by atoms with Crippen LogP contribution in [0.4, 0.5) is 5.69 Å². The van der Waals surface area contributed by atoms with Crippen molar-refractivity contribution in [2.24, 2.45) is 4.99 Å². The summed E-state index contributed by atoms with van der Waals surface area (Å²) in [6, 6.07) is 12.1. The van der Waals surface area contributed by atoms with E-state index >= 15 is 0 Å². The Labute approximate surface area is 93.9 Å². The van der Waals surface area contributed by atoms with E-state index in [0.717, 1.165) is 23.6 Å². The zero-order valence-corrected chi connectivity index (χ0v) is 8.72. The molecule has 0 aliphatic carbocycles. The standard InChI is InChI=1S/C13H11N3/c1-2-6-12-10(4-1)9-15-13(16-12)11-5-3-7-14-8-11/h1-8H,9H2,(H,15,16). The van der Waals surface area contributed by atoms with Crippen LogP contribution in [0.1, 0.15) is 11.1 Å². The van der Waals surface area contributed by atoms with Gasteiger partial charge < -0.3 is 5.32 Å². The van der Waals surface area contributed by atoms with E-state index in [1.807, 2.05) is 36.5 Å². The van der Waals surface area contributed by atoms with Crippen LogP contribution in [-0.4, -0.2) is 10.8 Å². The molecule has 0 amide bonds. The van der Waals surface area contributed by atoms with Crippen LogP contribution < -0.4 is 5.32 Å². The lowest BCUT2D eigenvalue weighted by Gasteiger charge is -2.17. The molecule has 78 valence electrons. The largest absolute Gasteiger partial charge is 0.365 e. The molecule has 1 aliphatic heterocycles. The zero-order chi connectivity index (χ0) is 10.8. The molecule has 0 saturated carbocycles. The first kappa shape index (κ1) is 9.09. The molecule has 2 heterocycles. The van der Waals surface area contributed by atoms with Gasteiger partial charge in [0.2, 0.25) is 0 Å². The first-order chi connectivity index (χ1) is 7.93. The molecule has 0 bridgehead atoms. The fraction of sp³-hybridized carbons (Fsp3) is 0.0769. The van der Waals surface area contributed by atoms with Crippen LogP contribution in [0.2, 0.25) is 0 Å². The summed E-state index contributed by atoms with van der Waals surface area (Å²) in [5.41, 5.74) is 3.30. The first-order valence-corrected chi connectivity index (χ1v) is 5.24. The molecule has 16 heavy (non-hydrogen) atoms. The molecule has 0 unspecified atom stereocenters. The van der Waals surface area contributed by atoms with E-state index in [1.54, 1.807) is 6.20 Å². The average molecular weight is 209 g/mol. The minimum atomic E-state index is 0.823. The predicted molar refractivity (Wildman–Crippen MR) is 63.7 cm³/mol. The number of nitrogens with one attached hydrogen (secondary N) is 1. The fourth-order valence-electron chi connectivity index (χ4n) is 1.78. The number of aliphatic imine (C=N–C) groups is 1. The lowest BCUT2D eigenvalue weighted by atomic mass is 10.1. The second-order valence-electron chi connectivity index (χ2n) is 3.68. The Balaban J connectivity index is 2.04. The highest BCUT2D eigenvalue weighted by molar-refractivity contribution is 6.01. The normalized spacial score (nSPS) is 13.6. The van der Waals surface area contributed by atoms with Crippen molar-refractivity contribution in [1.82, 2.24) is 10.3 Å². The van der Waals surface area contributed by atoms with Crippen LogP contribution in [0.15, 0.2) is 53.8 Å². The number of benzene rings is 1. The molecule has 1 aromatic heterocycles. The molecular formula is C13H11N3. The Morgan fingerprint density at radius 2 is 2.00 bits per heavy atom. The van der Waals surface area contributed by atoms with Crippen LogP contribution in [0, 0.1) is 0 Å². The summed E-state index contributed by atoms with van der Waals surface area (Å²) in [4.78, 5) is 8.68. The number of rotatable bonds is 1. The van der Waals surface area contributed by atoms with Gasteiger partial charge >= 0.3 is 0 Å². The highest BCUT2D eigenvalue weighted by Crippen LogP contribution is 2.22. The Bertz CT molecular complexity index is 532. The van der Waals surface area contributed by atoms with Crippen LogP contribution in [0.25, 0.3) is 0 Å². The van der Waals surface area contributed by atoms with Gasteiger partial charge in [0.1, 0.15) is 5.84 Å². The van der Waals surface area contributed by atoms with Crippen molar-refractivity contribution < 1.29 is 0 Å². The maximum Gasteiger partial charge on any atom is 0.135 e. The van der Waals surface area contributed by atoms with E-state index in [2.05, 4.69) is 21.4 Å². The molecule has 0 spiro atoms. The van der Waals surface area contributed by atoms with Gasteiger partial charge in [0.15, 0.2) is 0 Å². The minimum absolute atomic E-state index is 0.823. The van der Waals surface area contributed by atoms with Gasteiger partial charge in [-0.3, -0.25) is 4.98 Å². The number of aromatic nitrogens is 1. The lowest BCUT2D eigenvalue weighted by molar-refractivity contribution is 0.892. The molecule has 3 rings (SSSR count). The summed E-state index contributed by atoms with van der Waals surface area (Å²) in [5, 5.41) is 3.30. The first-order valence-electron chi connectivity index (χ1n) is 5.24. The van der Waals surface area contributed by atoms with Gasteiger partial charge in [-0.05, 0) is 23.8 Å². The molecule has 1 aromatic carbocycles. The topological polar surface area (TPSA) is 37.3 Å². The van der Waals surface area contributed by atoms with Gasteiger partial charge in [-0.25, -0.2) is 4.99 Å². The van der Waals surface area contributed by atoms with Crippen molar-refractivity contribution in [3.05, 3.63) is 59.9 Å². The summed E-state index contributed by atoms with van der Waals surface area (Å²) >= 11 is 0.